The number of nitrogens with two attached hydrogens (primary N) is 1. The molecule has 1 aliphatic heterocycles. The Balaban J connectivity index is 1.97. The van der Waals surface area contributed by atoms with Gasteiger partial charge in [-0.3, -0.25) is 4.79 Å². The number of fused-ring (bicyclic) bond motifs is 1. The number of carbonyl (C=O) groups is 1. The quantitative estimate of drug-likeness (QED) is 0.788. The van der Waals surface area contributed by atoms with E-state index in [1.165, 1.54) is 0 Å². The molecule has 0 bridgehead atoms. The van der Waals surface area contributed by atoms with E-state index in [0.717, 1.165) is 11.1 Å². The molecule has 1 aromatic heterocycles. The lowest BCUT2D eigenvalue weighted by molar-refractivity contribution is -0.117. The summed E-state index contributed by atoms with van der Waals surface area (Å²) in [7, 11) is 0. The summed E-state index contributed by atoms with van der Waals surface area (Å²) in [4.78, 5) is 20.0. The van der Waals surface area contributed by atoms with Crippen LogP contribution < -0.4 is 11.1 Å². The number of amides is 1. The standard InChI is InChI=1S/C13H12N4O/c14-13-15-7-9-6-10(8-4-2-1-3-5-8)12(18)16-11(9)17-13/h1-5,7,10H,6H2,(H3,14,15,16,17,18). The highest BCUT2D eigenvalue weighted by Gasteiger charge is 2.28. The van der Waals surface area contributed by atoms with E-state index >= 15 is 0 Å². The summed E-state index contributed by atoms with van der Waals surface area (Å²) in [5.41, 5.74) is 7.41. The Morgan fingerprint density at radius 3 is 2.83 bits per heavy atom. The zero-order chi connectivity index (χ0) is 12.5. The van der Waals surface area contributed by atoms with Gasteiger partial charge in [-0.05, 0) is 12.0 Å². The maximum Gasteiger partial charge on any atom is 0.233 e. The van der Waals surface area contributed by atoms with Crippen LogP contribution in [0, 0.1) is 0 Å². The summed E-state index contributed by atoms with van der Waals surface area (Å²) < 4.78 is 0. The fourth-order valence-electron chi connectivity index (χ4n) is 2.15. The average molecular weight is 240 g/mol. The van der Waals surface area contributed by atoms with E-state index in [-0.39, 0.29) is 17.8 Å². The molecule has 0 spiro atoms. The van der Waals surface area contributed by atoms with Gasteiger partial charge < -0.3 is 11.1 Å². The molecule has 18 heavy (non-hydrogen) atoms. The molecular weight excluding hydrogens is 228 g/mol. The maximum absolute atomic E-state index is 12.1. The molecule has 0 saturated carbocycles. The Bertz CT molecular complexity index is 597. The largest absolute Gasteiger partial charge is 0.368 e. The van der Waals surface area contributed by atoms with Crippen LogP contribution in [0.1, 0.15) is 17.0 Å². The highest BCUT2D eigenvalue weighted by molar-refractivity contribution is 5.98. The van der Waals surface area contributed by atoms with Crippen LogP contribution in [0.5, 0.6) is 0 Å². The molecule has 0 radical (unpaired) electrons. The highest BCUT2D eigenvalue weighted by Crippen LogP contribution is 2.29. The van der Waals surface area contributed by atoms with Crippen molar-refractivity contribution in [2.45, 2.75) is 12.3 Å². The third-order valence-corrected chi connectivity index (χ3v) is 3.07. The van der Waals surface area contributed by atoms with Gasteiger partial charge in [0.25, 0.3) is 0 Å². The third kappa shape index (κ3) is 1.79. The Kier molecular flexibility index (Phi) is 2.44. The second kappa shape index (κ2) is 4.10. The second-order valence-electron chi connectivity index (χ2n) is 4.26. The van der Waals surface area contributed by atoms with Crippen molar-refractivity contribution in [2.24, 2.45) is 0 Å². The van der Waals surface area contributed by atoms with E-state index in [4.69, 9.17) is 5.73 Å². The molecule has 3 rings (SSSR count). The molecule has 0 aliphatic carbocycles. The number of benzene rings is 1. The minimum absolute atomic E-state index is 0.0493. The van der Waals surface area contributed by atoms with Gasteiger partial charge in [0, 0.05) is 11.8 Å². The first-order chi connectivity index (χ1) is 8.74. The summed E-state index contributed by atoms with van der Waals surface area (Å²) in [6, 6.07) is 9.69. The molecule has 1 amide bonds. The predicted octanol–water partition coefficient (Wildman–Crippen LogP) is 1.34. The fourth-order valence-corrected chi connectivity index (χ4v) is 2.15. The molecule has 5 nitrogen and oxygen atoms in total. The number of nitrogens with zero attached hydrogens (tertiary/aromatic N) is 2. The Hall–Kier alpha value is -2.43. The molecule has 0 saturated heterocycles. The number of aromatic nitrogens is 2. The summed E-state index contributed by atoms with van der Waals surface area (Å²) in [5, 5.41) is 2.78. The Morgan fingerprint density at radius 1 is 1.28 bits per heavy atom. The average Bonchev–Trinajstić information content (AvgIpc) is 2.39. The van der Waals surface area contributed by atoms with Crippen molar-refractivity contribution in [1.29, 1.82) is 0 Å². The summed E-state index contributed by atoms with van der Waals surface area (Å²) in [6.45, 7) is 0. The van der Waals surface area contributed by atoms with Crippen molar-refractivity contribution in [3.63, 3.8) is 0 Å². The number of hydrogen-bond donors (Lipinski definition) is 2. The van der Waals surface area contributed by atoms with E-state index in [0.29, 0.717) is 12.2 Å². The van der Waals surface area contributed by atoms with Crippen molar-refractivity contribution in [1.82, 2.24) is 9.97 Å². The maximum atomic E-state index is 12.1. The van der Waals surface area contributed by atoms with Gasteiger partial charge in [-0.1, -0.05) is 30.3 Å². The monoisotopic (exact) mass is 240 g/mol. The third-order valence-electron chi connectivity index (χ3n) is 3.07. The first kappa shape index (κ1) is 10.7. The Labute approximate surface area is 104 Å². The zero-order valence-electron chi connectivity index (χ0n) is 9.63. The van der Waals surface area contributed by atoms with E-state index in [1.54, 1.807) is 6.20 Å². The van der Waals surface area contributed by atoms with Gasteiger partial charge in [0.1, 0.15) is 5.82 Å². The summed E-state index contributed by atoms with van der Waals surface area (Å²) >= 11 is 0. The molecule has 1 aliphatic rings. The second-order valence-corrected chi connectivity index (χ2v) is 4.26. The lowest BCUT2D eigenvalue weighted by Crippen LogP contribution is -2.29. The van der Waals surface area contributed by atoms with Crippen LogP contribution >= 0.6 is 0 Å². The molecule has 5 heteroatoms. The molecule has 2 aromatic rings. The number of anilines is 2. The number of hydrogen-bond acceptors (Lipinski definition) is 4. The molecular formula is C13H12N4O. The first-order valence-electron chi connectivity index (χ1n) is 5.71. The normalized spacial score (nSPS) is 18.0. The van der Waals surface area contributed by atoms with Crippen LogP contribution in [0.4, 0.5) is 11.8 Å². The Morgan fingerprint density at radius 2 is 2.06 bits per heavy atom. The van der Waals surface area contributed by atoms with Crippen molar-refractivity contribution < 1.29 is 4.79 Å². The molecule has 3 N–H and O–H groups in total. The van der Waals surface area contributed by atoms with Gasteiger partial charge in [-0.15, -0.1) is 0 Å². The van der Waals surface area contributed by atoms with Crippen LogP contribution in [0.3, 0.4) is 0 Å². The lowest BCUT2D eigenvalue weighted by Gasteiger charge is -2.23. The van der Waals surface area contributed by atoms with Crippen molar-refractivity contribution in [3.05, 3.63) is 47.7 Å². The van der Waals surface area contributed by atoms with Crippen molar-refractivity contribution in [3.8, 4) is 0 Å². The topological polar surface area (TPSA) is 80.9 Å². The van der Waals surface area contributed by atoms with Gasteiger partial charge in [0.2, 0.25) is 11.9 Å². The number of nitrogen functional groups attached to an aromatic ring is 1. The van der Waals surface area contributed by atoms with Crippen LogP contribution in [0.25, 0.3) is 0 Å². The number of nitrogens with one attached hydrogen (secondary N) is 1. The van der Waals surface area contributed by atoms with Gasteiger partial charge in [-0.2, -0.15) is 4.98 Å². The minimum Gasteiger partial charge on any atom is -0.368 e. The number of rotatable bonds is 1. The van der Waals surface area contributed by atoms with Gasteiger partial charge in [0.05, 0.1) is 5.92 Å². The van der Waals surface area contributed by atoms with Gasteiger partial charge >= 0.3 is 0 Å². The molecule has 0 fully saturated rings. The molecule has 1 atom stereocenters. The number of carbonyl (C=O) groups excluding carboxylic acids is 1. The molecule has 2 heterocycles. The van der Waals surface area contributed by atoms with Crippen LogP contribution in [-0.2, 0) is 11.2 Å². The molecule has 1 unspecified atom stereocenters. The fraction of sp³-hybridized carbons (Fsp3) is 0.154. The van der Waals surface area contributed by atoms with E-state index in [1.807, 2.05) is 30.3 Å². The van der Waals surface area contributed by atoms with E-state index in [2.05, 4.69) is 15.3 Å². The van der Waals surface area contributed by atoms with Crippen LogP contribution in [0.2, 0.25) is 0 Å². The summed E-state index contributed by atoms with van der Waals surface area (Å²) in [5.74, 6) is 0.463. The van der Waals surface area contributed by atoms with Crippen LogP contribution in [-0.4, -0.2) is 15.9 Å². The van der Waals surface area contributed by atoms with Crippen molar-refractivity contribution >= 4 is 17.7 Å². The molecule has 1 aromatic carbocycles. The van der Waals surface area contributed by atoms with E-state index < -0.39 is 0 Å². The van der Waals surface area contributed by atoms with E-state index in [9.17, 15) is 4.79 Å². The summed E-state index contributed by atoms with van der Waals surface area (Å²) in [6.07, 6.45) is 2.28. The van der Waals surface area contributed by atoms with Crippen molar-refractivity contribution in [2.75, 3.05) is 11.1 Å². The lowest BCUT2D eigenvalue weighted by atomic mass is 9.89. The predicted molar refractivity (Wildman–Crippen MR) is 68.0 cm³/mol. The smallest absolute Gasteiger partial charge is 0.233 e. The SMILES string of the molecule is Nc1ncc2c(n1)NC(=O)C(c1ccccc1)C2. The van der Waals surface area contributed by atoms with Crippen LogP contribution in [0.15, 0.2) is 36.5 Å². The zero-order valence-corrected chi connectivity index (χ0v) is 9.63. The highest BCUT2D eigenvalue weighted by atomic mass is 16.2. The first-order valence-corrected chi connectivity index (χ1v) is 5.71. The molecule has 90 valence electrons. The van der Waals surface area contributed by atoms with Gasteiger partial charge in [-0.25, -0.2) is 4.98 Å². The van der Waals surface area contributed by atoms with Gasteiger partial charge in [0.15, 0.2) is 0 Å². The minimum atomic E-state index is -0.189.